The van der Waals surface area contributed by atoms with Gasteiger partial charge in [0.15, 0.2) is 0 Å². The molecule has 2 saturated heterocycles. The van der Waals surface area contributed by atoms with Gasteiger partial charge in [-0.05, 0) is 37.7 Å². The summed E-state index contributed by atoms with van der Waals surface area (Å²) in [6, 6.07) is 10.0. The second-order valence-corrected chi connectivity index (χ2v) is 7.82. The lowest BCUT2D eigenvalue weighted by atomic mass is 9.85. The molecule has 1 saturated carbocycles. The summed E-state index contributed by atoms with van der Waals surface area (Å²) in [4.78, 5) is 40.1. The number of carbonyl (C=O) groups is 3. The van der Waals surface area contributed by atoms with E-state index in [-0.39, 0.29) is 24.5 Å². The van der Waals surface area contributed by atoms with Crippen LogP contribution in [0.5, 0.6) is 0 Å². The average molecular weight is 371 g/mol. The number of piperidine rings is 1. The van der Waals surface area contributed by atoms with E-state index in [1.54, 1.807) is 4.90 Å². The molecule has 2 N–H and O–H groups in total. The van der Waals surface area contributed by atoms with E-state index in [9.17, 15) is 14.4 Å². The number of aliphatic carboxylic acids is 1. The Balaban J connectivity index is 1.44. The van der Waals surface area contributed by atoms with Crippen molar-refractivity contribution >= 4 is 17.9 Å². The molecule has 1 aromatic rings. The standard InChI is InChI=1S/C20H25N3O4/c24-17(25)13-22-10-4-8-20(18(22)26)9-5-11-23(20)19(27)21-16-12-15(16)14-6-2-1-3-7-14/h1-3,6-7,15-16H,4-5,8-13H2,(H,21,27)(H,24,25). The van der Waals surface area contributed by atoms with Crippen molar-refractivity contribution in [2.75, 3.05) is 19.6 Å². The number of hydrogen-bond donors (Lipinski definition) is 2. The lowest BCUT2D eigenvalue weighted by Gasteiger charge is -2.44. The fourth-order valence-electron chi connectivity index (χ4n) is 4.70. The Morgan fingerprint density at radius 2 is 1.85 bits per heavy atom. The molecule has 1 aliphatic carbocycles. The summed E-state index contributed by atoms with van der Waals surface area (Å²) < 4.78 is 0. The molecule has 3 fully saturated rings. The Bertz CT molecular complexity index is 753. The number of amides is 3. The highest BCUT2D eigenvalue weighted by Gasteiger charge is 2.54. The van der Waals surface area contributed by atoms with E-state index in [0.29, 0.717) is 31.8 Å². The van der Waals surface area contributed by atoms with Gasteiger partial charge in [-0.3, -0.25) is 9.59 Å². The van der Waals surface area contributed by atoms with Crippen molar-refractivity contribution in [1.82, 2.24) is 15.1 Å². The van der Waals surface area contributed by atoms with Crippen LogP contribution in [0.4, 0.5) is 4.79 Å². The van der Waals surface area contributed by atoms with Crippen LogP contribution in [0, 0.1) is 0 Å². The highest BCUT2D eigenvalue weighted by molar-refractivity contribution is 5.94. The molecule has 7 nitrogen and oxygen atoms in total. The maximum Gasteiger partial charge on any atom is 0.323 e. The number of benzene rings is 1. The fraction of sp³-hybridized carbons (Fsp3) is 0.550. The minimum atomic E-state index is -1.02. The molecule has 0 radical (unpaired) electrons. The van der Waals surface area contributed by atoms with Gasteiger partial charge in [-0.15, -0.1) is 0 Å². The maximum absolute atomic E-state index is 13.0. The predicted octanol–water partition coefficient (Wildman–Crippen LogP) is 1.79. The zero-order chi connectivity index (χ0) is 19.0. The van der Waals surface area contributed by atoms with Gasteiger partial charge in [0.1, 0.15) is 12.1 Å². The number of hydrogen-bond acceptors (Lipinski definition) is 3. The highest BCUT2D eigenvalue weighted by Crippen LogP contribution is 2.42. The van der Waals surface area contributed by atoms with Crippen LogP contribution in [0.15, 0.2) is 30.3 Å². The van der Waals surface area contributed by atoms with E-state index >= 15 is 0 Å². The highest BCUT2D eigenvalue weighted by atomic mass is 16.4. The topological polar surface area (TPSA) is 89.9 Å². The van der Waals surface area contributed by atoms with Crippen LogP contribution in [0.3, 0.4) is 0 Å². The van der Waals surface area contributed by atoms with Gasteiger partial charge in [0.25, 0.3) is 0 Å². The molecule has 144 valence electrons. The van der Waals surface area contributed by atoms with Crippen LogP contribution in [0.1, 0.15) is 43.6 Å². The van der Waals surface area contributed by atoms with Crippen molar-refractivity contribution in [3.63, 3.8) is 0 Å². The van der Waals surface area contributed by atoms with Crippen LogP contribution >= 0.6 is 0 Å². The van der Waals surface area contributed by atoms with Gasteiger partial charge in [-0.1, -0.05) is 30.3 Å². The first-order chi connectivity index (χ1) is 13.0. The number of carboxylic acid groups (broad SMARTS) is 1. The number of carboxylic acids is 1. The van der Waals surface area contributed by atoms with E-state index in [4.69, 9.17) is 5.11 Å². The summed E-state index contributed by atoms with van der Waals surface area (Å²) in [5, 5.41) is 12.2. The quantitative estimate of drug-likeness (QED) is 0.844. The molecule has 3 aliphatic rings. The van der Waals surface area contributed by atoms with Crippen molar-refractivity contribution in [2.24, 2.45) is 0 Å². The molecule has 3 amide bonds. The van der Waals surface area contributed by atoms with E-state index in [1.165, 1.54) is 10.5 Å². The number of nitrogens with one attached hydrogen (secondary N) is 1. The second kappa shape index (κ2) is 6.87. The van der Waals surface area contributed by atoms with Crippen molar-refractivity contribution < 1.29 is 19.5 Å². The molecule has 1 aromatic carbocycles. The Kier molecular flexibility index (Phi) is 4.53. The number of urea groups is 1. The first-order valence-corrected chi connectivity index (χ1v) is 9.65. The molecular formula is C20H25N3O4. The Morgan fingerprint density at radius 3 is 2.56 bits per heavy atom. The van der Waals surface area contributed by atoms with Crippen LogP contribution in [-0.2, 0) is 9.59 Å². The molecule has 0 aromatic heterocycles. The van der Waals surface area contributed by atoms with Crippen LogP contribution < -0.4 is 5.32 Å². The van der Waals surface area contributed by atoms with E-state index < -0.39 is 11.5 Å². The minimum absolute atomic E-state index is 0.103. The SMILES string of the molecule is O=C(O)CN1CCCC2(CCCN2C(=O)NC2CC2c2ccccc2)C1=O. The van der Waals surface area contributed by atoms with Crippen molar-refractivity contribution in [1.29, 1.82) is 0 Å². The number of likely N-dealkylation sites (tertiary alicyclic amines) is 2. The Labute approximate surface area is 158 Å². The number of nitrogens with zero attached hydrogens (tertiary/aromatic N) is 2. The predicted molar refractivity (Wildman–Crippen MR) is 98.2 cm³/mol. The Morgan fingerprint density at radius 1 is 1.15 bits per heavy atom. The average Bonchev–Trinajstić information content (AvgIpc) is 3.28. The molecule has 7 heteroatoms. The largest absolute Gasteiger partial charge is 0.480 e. The summed E-state index contributed by atoms with van der Waals surface area (Å²) in [5.41, 5.74) is 0.356. The summed E-state index contributed by atoms with van der Waals surface area (Å²) >= 11 is 0. The van der Waals surface area contributed by atoms with Crippen LogP contribution in [-0.4, -0.2) is 64.0 Å². The molecule has 1 spiro atoms. The fourth-order valence-corrected chi connectivity index (χ4v) is 4.70. The lowest BCUT2D eigenvalue weighted by Crippen LogP contribution is -2.63. The summed E-state index contributed by atoms with van der Waals surface area (Å²) in [6.07, 6.45) is 3.63. The Hall–Kier alpha value is -2.57. The molecule has 4 rings (SSSR count). The zero-order valence-electron chi connectivity index (χ0n) is 15.3. The second-order valence-electron chi connectivity index (χ2n) is 7.82. The van der Waals surface area contributed by atoms with Gasteiger partial charge in [-0.2, -0.15) is 0 Å². The monoisotopic (exact) mass is 371 g/mol. The molecule has 0 bridgehead atoms. The van der Waals surface area contributed by atoms with Crippen LogP contribution in [0.2, 0.25) is 0 Å². The first kappa shape index (κ1) is 17.8. The van der Waals surface area contributed by atoms with E-state index in [2.05, 4.69) is 17.4 Å². The van der Waals surface area contributed by atoms with Gasteiger partial charge >= 0.3 is 12.0 Å². The third kappa shape index (κ3) is 3.26. The van der Waals surface area contributed by atoms with Crippen molar-refractivity contribution in [3.05, 3.63) is 35.9 Å². The van der Waals surface area contributed by atoms with Gasteiger partial charge in [0.05, 0.1) is 0 Å². The summed E-state index contributed by atoms with van der Waals surface area (Å²) in [5.74, 6) is -0.892. The summed E-state index contributed by atoms with van der Waals surface area (Å²) in [7, 11) is 0. The molecule has 2 heterocycles. The van der Waals surface area contributed by atoms with E-state index in [1.807, 2.05) is 18.2 Å². The van der Waals surface area contributed by atoms with Crippen molar-refractivity contribution in [2.45, 2.75) is 49.6 Å². The normalized spacial score (nSPS) is 29.9. The van der Waals surface area contributed by atoms with Gasteiger partial charge in [0.2, 0.25) is 5.91 Å². The number of rotatable bonds is 4. The van der Waals surface area contributed by atoms with Crippen molar-refractivity contribution in [3.8, 4) is 0 Å². The first-order valence-electron chi connectivity index (χ1n) is 9.65. The molecular weight excluding hydrogens is 346 g/mol. The van der Waals surface area contributed by atoms with Gasteiger partial charge < -0.3 is 20.2 Å². The maximum atomic E-state index is 13.0. The lowest BCUT2D eigenvalue weighted by molar-refractivity contribution is -0.152. The third-order valence-corrected chi connectivity index (χ3v) is 6.09. The minimum Gasteiger partial charge on any atom is -0.480 e. The molecule has 3 unspecified atom stereocenters. The number of carbonyl (C=O) groups excluding carboxylic acids is 2. The molecule has 2 aliphatic heterocycles. The van der Waals surface area contributed by atoms with Crippen LogP contribution in [0.25, 0.3) is 0 Å². The third-order valence-electron chi connectivity index (χ3n) is 6.09. The van der Waals surface area contributed by atoms with Gasteiger partial charge in [0, 0.05) is 25.0 Å². The van der Waals surface area contributed by atoms with E-state index in [0.717, 1.165) is 19.3 Å². The summed E-state index contributed by atoms with van der Waals surface area (Å²) in [6.45, 7) is 0.691. The zero-order valence-corrected chi connectivity index (χ0v) is 15.3. The van der Waals surface area contributed by atoms with Gasteiger partial charge in [-0.25, -0.2) is 4.79 Å². The smallest absolute Gasteiger partial charge is 0.323 e. The molecule has 27 heavy (non-hydrogen) atoms. The molecule has 3 atom stereocenters.